The molecule has 0 bridgehead atoms. The molecule has 2 N–H and O–H groups in total. The summed E-state index contributed by atoms with van der Waals surface area (Å²) in [5, 5.41) is 12.3. The molecule has 1 aromatic carbocycles. The number of aryl methyl sites for hydroxylation is 2. The second kappa shape index (κ2) is 8.72. The Morgan fingerprint density at radius 3 is 2.75 bits per heavy atom. The smallest absolute Gasteiger partial charge is 0.304 e. The van der Waals surface area contributed by atoms with Crippen LogP contribution in [0.25, 0.3) is 0 Å². The maximum absolute atomic E-state index is 11.0. The Bertz CT molecular complexity index is 432. The van der Waals surface area contributed by atoms with Crippen molar-refractivity contribution in [3.05, 3.63) is 34.9 Å². The van der Waals surface area contributed by atoms with Crippen LogP contribution in [-0.4, -0.2) is 37.4 Å². The SMILES string of the molecule is COCCCNC(CC(=O)O)Cc1ccc(C)cc1C. The average Bonchev–Trinajstić information content (AvgIpc) is 2.37. The Morgan fingerprint density at radius 1 is 1.40 bits per heavy atom. The zero-order valence-corrected chi connectivity index (χ0v) is 12.6. The molecule has 4 heteroatoms. The minimum atomic E-state index is -0.765. The number of rotatable bonds is 9. The van der Waals surface area contributed by atoms with Crippen molar-refractivity contribution in [3.63, 3.8) is 0 Å². The van der Waals surface area contributed by atoms with Crippen LogP contribution in [0.15, 0.2) is 18.2 Å². The van der Waals surface area contributed by atoms with Crippen molar-refractivity contribution in [3.8, 4) is 0 Å². The quantitative estimate of drug-likeness (QED) is 0.681. The molecule has 0 amide bonds. The van der Waals surface area contributed by atoms with Gasteiger partial charge in [0.2, 0.25) is 0 Å². The number of nitrogens with one attached hydrogen (secondary N) is 1. The number of carbonyl (C=O) groups is 1. The Kier molecular flexibility index (Phi) is 7.26. The third-order valence-electron chi connectivity index (χ3n) is 3.34. The number of ether oxygens (including phenoxy) is 1. The van der Waals surface area contributed by atoms with E-state index in [1.54, 1.807) is 7.11 Å². The summed E-state index contributed by atoms with van der Waals surface area (Å²) in [5.41, 5.74) is 3.66. The molecular weight excluding hydrogens is 254 g/mol. The minimum absolute atomic E-state index is 0.0363. The molecule has 0 radical (unpaired) electrons. The molecule has 20 heavy (non-hydrogen) atoms. The van der Waals surface area contributed by atoms with Crippen LogP contribution in [0.5, 0.6) is 0 Å². The summed E-state index contributed by atoms with van der Waals surface area (Å²) in [4.78, 5) is 11.0. The summed E-state index contributed by atoms with van der Waals surface area (Å²) in [7, 11) is 1.67. The summed E-state index contributed by atoms with van der Waals surface area (Å²) in [6.45, 7) is 5.60. The van der Waals surface area contributed by atoms with E-state index in [2.05, 4.69) is 37.4 Å². The lowest BCUT2D eigenvalue weighted by Gasteiger charge is -2.18. The highest BCUT2D eigenvalue weighted by atomic mass is 16.5. The summed E-state index contributed by atoms with van der Waals surface area (Å²) in [6.07, 6.45) is 1.77. The van der Waals surface area contributed by atoms with Gasteiger partial charge in [-0.25, -0.2) is 0 Å². The molecule has 0 aliphatic rings. The number of hydrogen-bond donors (Lipinski definition) is 2. The van der Waals surface area contributed by atoms with Crippen LogP contribution >= 0.6 is 0 Å². The summed E-state index contributed by atoms with van der Waals surface area (Å²) in [5.74, 6) is -0.765. The van der Waals surface area contributed by atoms with E-state index in [0.29, 0.717) is 6.61 Å². The van der Waals surface area contributed by atoms with Gasteiger partial charge in [0.1, 0.15) is 0 Å². The third kappa shape index (κ3) is 6.17. The molecule has 0 aromatic heterocycles. The van der Waals surface area contributed by atoms with Gasteiger partial charge in [-0.2, -0.15) is 0 Å². The summed E-state index contributed by atoms with van der Waals surface area (Å²) < 4.78 is 5.00. The first-order valence-electron chi connectivity index (χ1n) is 7.03. The Labute approximate surface area is 121 Å². The highest BCUT2D eigenvalue weighted by molar-refractivity contribution is 5.67. The van der Waals surface area contributed by atoms with Gasteiger partial charge in [-0.05, 0) is 44.4 Å². The predicted octanol–water partition coefficient (Wildman–Crippen LogP) is 2.32. The van der Waals surface area contributed by atoms with Crippen LogP contribution in [0.1, 0.15) is 29.5 Å². The normalized spacial score (nSPS) is 12.3. The van der Waals surface area contributed by atoms with Crippen molar-refractivity contribution in [1.29, 1.82) is 0 Å². The van der Waals surface area contributed by atoms with E-state index in [-0.39, 0.29) is 12.5 Å². The van der Waals surface area contributed by atoms with E-state index in [0.717, 1.165) is 19.4 Å². The van der Waals surface area contributed by atoms with Gasteiger partial charge in [0.05, 0.1) is 6.42 Å². The van der Waals surface area contributed by atoms with E-state index < -0.39 is 5.97 Å². The zero-order valence-electron chi connectivity index (χ0n) is 12.6. The van der Waals surface area contributed by atoms with Crippen LogP contribution in [0.4, 0.5) is 0 Å². The van der Waals surface area contributed by atoms with Gasteiger partial charge in [-0.1, -0.05) is 23.8 Å². The molecule has 1 atom stereocenters. The number of methoxy groups -OCH3 is 1. The fourth-order valence-electron chi connectivity index (χ4n) is 2.29. The lowest BCUT2D eigenvalue weighted by molar-refractivity contribution is -0.137. The number of aliphatic carboxylic acids is 1. The summed E-state index contributed by atoms with van der Waals surface area (Å²) in [6, 6.07) is 6.27. The van der Waals surface area contributed by atoms with Gasteiger partial charge in [0.25, 0.3) is 0 Å². The molecule has 1 unspecified atom stereocenters. The topological polar surface area (TPSA) is 58.6 Å². The third-order valence-corrected chi connectivity index (χ3v) is 3.34. The number of benzene rings is 1. The van der Waals surface area contributed by atoms with Crippen molar-refractivity contribution < 1.29 is 14.6 Å². The van der Waals surface area contributed by atoms with E-state index in [4.69, 9.17) is 9.84 Å². The molecule has 0 heterocycles. The Hall–Kier alpha value is -1.39. The van der Waals surface area contributed by atoms with Gasteiger partial charge in [0, 0.05) is 19.8 Å². The molecule has 0 saturated heterocycles. The van der Waals surface area contributed by atoms with Gasteiger partial charge in [-0.3, -0.25) is 4.79 Å². The van der Waals surface area contributed by atoms with Crippen LogP contribution in [-0.2, 0) is 16.0 Å². The molecule has 0 aliphatic carbocycles. The van der Waals surface area contributed by atoms with Crippen molar-refractivity contribution in [2.24, 2.45) is 0 Å². The lowest BCUT2D eigenvalue weighted by atomic mass is 9.97. The second-order valence-corrected chi connectivity index (χ2v) is 5.23. The van der Waals surface area contributed by atoms with Crippen LogP contribution in [0.3, 0.4) is 0 Å². The van der Waals surface area contributed by atoms with E-state index in [9.17, 15) is 4.79 Å². The second-order valence-electron chi connectivity index (χ2n) is 5.23. The first kappa shape index (κ1) is 16.7. The molecule has 4 nitrogen and oxygen atoms in total. The standard InChI is InChI=1S/C16H25NO3/c1-12-5-6-14(13(2)9-12)10-15(11-16(18)19)17-7-4-8-20-3/h5-6,9,15,17H,4,7-8,10-11H2,1-3H3,(H,18,19). The lowest BCUT2D eigenvalue weighted by Crippen LogP contribution is -2.34. The molecule has 112 valence electrons. The molecule has 0 spiro atoms. The van der Waals surface area contributed by atoms with E-state index in [1.165, 1.54) is 16.7 Å². The number of carboxylic acid groups (broad SMARTS) is 1. The summed E-state index contributed by atoms with van der Waals surface area (Å²) >= 11 is 0. The number of carboxylic acids is 1. The van der Waals surface area contributed by atoms with Crippen LogP contribution < -0.4 is 5.32 Å². The highest BCUT2D eigenvalue weighted by Gasteiger charge is 2.14. The van der Waals surface area contributed by atoms with Crippen molar-refractivity contribution >= 4 is 5.97 Å². The molecule has 1 rings (SSSR count). The van der Waals surface area contributed by atoms with Gasteiger partial charge < -0.3 is 15.2 Å². The Balaban J connectivity index is 2.60. The van der Waals surface area contributed by atoms with Crippen LogP contribution in [0.2, 0.25) is 0 Å². The van der Waals surface area contributed by atoms with E-state index >= 15 is 0 Å². The van der Waals surface area contributed by atoms with Gasteiger partial charge >= 0.3 is 5.97 Å². The van der Waals surface area contributed by atoms with Crippen LogP contribution in [0, 0.1) is 13.8 Å². The monoisotopic (exact) mass is 279 g/mol. The molecule has 0 aliphatic heterocycles. The fourth-order valence-corrected chi connectivity index (χ4v) is 2.29. The Morgan fingerprint density at radius 2 is 2.15 bits per heavy atom. The number of hydrogen-bond acceptors (Lipinski definition) is 3. The fraction of sp³-hybridized carbons (Fsp3) is 0.562. The van der Waals surface area contributed by atoms with Gasteiger partial charge in [0.15, 0.2) is 0 Å². The van der Waals surface area contributed by atoms with Crippen molar-refractivity contribution in [2.75, 3.05) is 20.3 Å². The van der Waals surface area contributed by atoms with Crippen molar-refractivity contribution in [2.45, 2.75) is 39.2 Å². The molecule has 0 fully saturated rings. The molecule has 0 saturated carbocycles. The largest absolute Gasteiger partial charge is 0.481 e. The minimum Gasteiger partial charge on any atom is -0.481 e. The predicted molar refractivity (Wildman–Crippen MR) is 80.2 cm³/mol. The highest BCUT2D eigenvalue weighted by Crippen LogP contribution is 2.14. The first-order chi connectivity index (χ1) is 9.52. The van der Waals surface area contributed by atoms with Gasteiger partial charge in [-0.15, -0.1) is 0 Å². The van der Waals surface area contributed by atoms with Crippen molar-refractivity contribution in [1.82, 2.24) is 5.32 Å². The van der Waals surface area contributed by atoms with E-state index in [1.807, 2.05) is 0 Å². The average molecular weight is 279 g/mol. The molecular formula is C16H25NO3. The first-order valence-corrected chi connectivity index (χ1v) is 7.03. The maximum Gasteiger partial charge on any atom is 0.304 e. The molecule has 1 aromatic rings. The zero-order chi connectivity index (χ0) is 15.0. The maximum atomic E-state index is 11.0.